The number of hydrogen-bond acceptors (Lipinski definition) is 4. The minimum absolute atomic E-state index is 0.139. The van der Waals surface area contributed by atoms with Crippen LogP contribution >= 0.6 is 0 Å². The molecular weight excluding hydrogens is 381 g/mol. The minimum Gasteiger partial charge on any atom is -0.755 e. The lowest BCUT2D eigenvalue weighted by Gasteiger charge is -2.14. The monoisotopic (exact) mass is 398 g/mol. The molecule has 1 aromatic carbocycles. The molecule has 3 aromatic rings. The van der Waals surface area contributed by atoms with E-state index in [0.29, 0.717) is 11.0 Å². The van der Waals surface area contributed by atoms with E-state index < -0.39 is 22.9 Å². The largest absolute Gasteiger partial charge is 0.755 e. The second-order valence-electron chi connectivity index (χ2n) is 6.03. The molecule has 2 heterocycles. The third-order valence-corrected chi connectivity index (χ3v) is 4.86. The zero-order valence-corrected chi connectivity index (χ0v) is 16.0. The lowest BCUT2D eigenvalue weighted by molar-refractivity contribution is 0.103. The Kier molecular flexibility index (Phi) is 5.53. The SMILES string of the molecule is C=C/C(=C\C)c1cnc2[nH]cc(C(=O)c3c(F)ccc(NS(=O)[O-])c3C)c2c1. The highest BCUT2D eigenvalue weighted by Gasteiger charge is 2.22. The van der Waals surface area contributed by atoms with Crippen molar-refractivity contribution in [2.24, 2.45) is 0 Å². The van der Waals surface area contributed by atoms with Crippen molar-refractivity contribution >= 4 is 39.3 Å². The van der Waals surface area contributed by atoms with E-state index in [4.69, 9.17) is 0 Å². The number of halogens is 1. The van der Waals surface area contributed by atoms with E-state index in [-0.39, 0.29) is 22.4 Å². The molecule has 0 saturated heterocycles. The number of anilines is 1. The standard InChI is InChI=1S/C20H18FN3O3S/c1-4-12(5-2)13-8-14-15(10-23-20(14)22-9-13)19(25)18-11(3)17(24-28(26)27)7-6-16(18)21/h4-10,24H,1H2,2-3H3,(H,22,23)(H,26,27)/p-1/b12-5+. The van der Waals surface area contributed by atoms with Crippen molar-refractivity contribution in [3.8, 4) is 0 Å². The third-order valence-electron chi connectivity index (χ3n) is 4.47. The summed E-state index contributed by atoms with van der Waals surface area (Å²) >= 11 is -2.59. The topological polar surface area (TPSA) is 97.9 Å². The summed E-state index contributed by atoms with van der Waals surface area (Å²) in [6.45, 7) is 7.11. The van der Waals surface area contributed by atoms with Crippen LogP contribution in [0.1, 0.15) is 34.0 Å². The number of nitrogens with zero attached hydrogens (tertiary/aromatic N) is 1. The Labute approximate surface area is 163 Å². The molecule has 3 rings (SSSR count). The molecule has 144 valence electrons. The first kappa shape index (κ1) is 19.7. The first-order chi connectivity index (χ1) is 13.4. The first-order valence-corrected chi connectivity index (χ1v) is 9.40. The summed E-state index contributed by atoms with van der Waals surface area (Å²) in [5, 5.41) is 0.535. The van der Waals surface area contributed by atoms with Gasteiger partial charge in [0.2, 0.25) is 0 Å². The van der Waals surface area contributed by atoms with Gasteiger partial charge in [0, 0.05) is 45.9 Å². The molecule has 1 unspecified atom stereocenters. The second-order valence-corrected chi connectivity index (χ2v) is 6.71. The fourth-order valence-electron chi connectivity index (χ4n) is 3.04. The van der Waals surface area contributed by atoms with Crippen LogP contribution in [0.4, 0.5) is 10.1 Å². The molecule has 28 heavy (non-hydrogen) atoms. The molecule has 1 atom stereocenters. The lowest BCUT2D eigenvalue weighted by Crippen LogP contribution is -2.11. The van der Waals surface area contributed by atoms with Crippen molar-refractivity contribution < 1.29 is 17.9 Å². The van der Waals surface area contributed by atoms with Gasteiger partial charge in [-0.1, -0.05) is 18.7 Å². The summed E-state index contributed by atoms with van der Waals surface area (Å²) in [6.07, 6.45) is 6.67. The summed E-state index contributed by atoms with van der Waals surface area (Å²) in [5.74, 6) is -1.30. The number of nitrogens with one attached hydrogen (secondary N) is 2. The highest BCUT2D eigenvalue weighted by molar-refractivity contribution is 7.80. The van der Waals surface area contributed by atoms with E-state index in [1.54, 1.807) is 18.3 Å². The summed E-state index contributed by atoms with van der Waals surface area (Å²) in [4.78, 5) is 20.3. The zero-order valence-electron chi connectivity index (χ0n) is 15.2. The van der Waals surface area contributed by atoms with Gasteiger partial charge in [-0.15, -0.1) is 0 Å². The van der Waals surface area contributed by atoms with E-state index in [1.165, 1.54) is 19.2 Å². The molecule has 0 aliphatic carbocycles. The van der Waals surface area contributed by atoms with Crippen molar-refractivity contribution in [3.63, 3.8) is 0 Å². The number of aromatic amines is 1. The van der Waals surface area contributed by atoms with E-state index in [0.717, 1.165) is 17.2 Å². The van der Waals surface area contributed by atoms with Crippen LogP contribution in [0.5, 0.6) is 0 Å². The molecule has 0 spiro atoms. The molecule has 0 aliphatic rings. The molecular formula is C20H17FN3O3S-. The van der Waals surface area contributed by atoms with E-state index >= 15 is 0 Å². The molecule has 6 nitrogen and oxygen atoms in total. The van der Waals surface area contributed by atoms with Crippen LogP contribution in [0.2, 0.25) is 0 Å². The molecule has 0 fully saturated rings. The molecule has 8 heteroatoms. The van der Waals surface area contributed by atoms with Gasteiger partial charge in [-0.2, -0.15) is 0 Å². The Morgan fingerprint density at radius 2 is 2.18 bits per heavy atom. The number of aromatic nitrogens is 2. The van der Waals surface area contributed by atoms with Crippen LogP contribution in [-0.4, -0.2) is 24.5 Å². The van der Waals surface area contributed by atoms with Gasteiger partial charge in [-0.05, 0) is 43.2 Å². The normalized spacial score (nSPS) is 12.8. The maximum Gasteiger partial charge on any atom is 0.198 e. The second kappa shape index (κ2) is 7.87. The maximum absolute atomic E-state index is 14.5. The first-order valence-electron chi connectivity index (χ1n) is 8.33. The van der Waals surface area contributed by atoms with Gasteiger partial charge in [-0.3, -0.25) is 9.00 Å². The number of H-pyrrole nitrogens is 1. The predicted molar refractivity (Wildman–Crippen MR) is 107 cm³/mol. The van der Waals surface area contributed by atoms with Gasteiger partial charge < -0.3 is 14.3 Å². The number of fused-ring (bicyclic) bond motifs is 1. The van der Waals surface area contributed by atoms with Gasteiger partial charge in [0.05, 0.1) is 5.56 Å². The smallest absolute Gasteiger partial charge is 0.198 e. The maximum atomic E-state index is 14.5. The Morgan fingerprint density at radius 1 is 1.43 bits per heavy atom. The van der Waals surface area contributed by atoms with Gasteiger partial charge in [0.15, 0.2) is 5.78 Å². The molecule has 2 aromatic heterocycles. The van der Waals surface area contributed by atoms with Crippen molar-refractivity contribution in [2.45, 2.75) is 13.8 Å². The Balaban J connectivity index is 2.15. The number of hydrogen-bond donors (Lipinski definition) is 2. The van der Waals surface area contributed by atoms with Gasteiger partial charge in [0.25, 0.3) is 0 Å². The number of rotatable bonds is 6. The number of ketones is 1. The average Bonchev–Trinajstić information content (AvgIpc) is 3.08. The molecule has 0 radical (unpaired) electrons. The highest BCUT2D eigenvalue weighted by Crippen LogP contribution is 2.29. The molecule has 0 aliphatic heterocycles. The van der Waals surface area contributed by atoms with Gasteiger partial charge >= 0.3 is 0 Å². The van der Waals surface area contributed by atoms with E-state index in [9.17, 15) is 17.9 Å². The van der Waals surface area contributed by atoms with Crippen LogP contribution in [0.25, 0.3) is 16.6 Å². The van der Waals surface area contributed by atoms with Crippen molar-refractivity contribution in [1.29, 1.82) is 0 Å². The molecule has 0 bridgehead atoms. The van der Waals surface area contributed by atoms with Gasteiger partial charge in [-0.25, -0.2) is 9.37 Å². The zero-order chi connectivity index (χ0) is 20.4. The number of pyridine rings is 1. The van der Waals surface area contributed by atoms with Crippen molar-refractivity contribution in [3.05, 3.63) is 77.4 Å². The van der Waals surface area contributed by atoms with E-state index in [2.05, 4.69) is 21.3 Å². The van der Waals surface area contributed by atoms with Crippen LogP contribution in [0.15, 0.2) is 49.3 Å². The third kappa shape index (κ3) is 3.51. The fourth-order valence-corrected chi connectivity index (χ4v) is 3.44. The summed E-state index contributed by atoms with van der Waals surface area (Å²) in [6, 6.07) is 4.11. The molecule has 0 saturated carbocycles. The summed E-state index contributed by atoms with van der Waals surface area (Å²) in [7, 11) is 0. The number of carbonyl (C=O) groups is 1. The number of allylic oxidation sites excluding steroid dienone is 3. The lowest BCUT2D eigenvalue weighted by atomic mass is 9.96. The highest BCUT2D eigenvalue weighted by atomic mass is 32.2. The fraction of sp³-hybridized carbons (Fsp3) is 0.100. The minimum atomic E-state index is -2.59. The summed E-state index contributed by atoms with van der Waals surface area (Å²) < 4.78 is 38.5. The Morgan fingerprint density at radius 3 is 2.82 bits per heavy atom. The molecule has 0 amide bonds. The van der Waals surface area contributed by atoms with Crippen LogP contribution < -0.4 is 4.72 Å². The molecule has 2 N–H and O–H groups in total. The number of carbonyl (C=O) groups excluding carboxylic acids is 1. The van der Waals surface area contributed by atoms with Crippen LogP contribution in [0.3, 0.4) is 0 Å². The van der Waals surface area contributed by atoms with Gasteiger partial charge in [0.1, 0.15) is 11.5 Å². The number of benzene rings is 1. The van der Waals surface area contributed by atoms with Crippen molar-refractivity contribution in [2.75, 3.05) is 4.72 Å². The Bertz CT molecular complexity index is 1150. The average molecular weight is 398 g/mol. The van der Waals surface area contributed by atoms with E-state index in [1.807, 2.05) is 13.0 Å². The quantitative estimate of drug-likeness (QED) is 0.372. The predicted octanol–water partition coefficient (Wildman–Crippen LogP) is 4.04. The van der Waals surface area contributed by atoms with Crippen molar-refractivity contribution in [1.82, 2.24) is 9.97 Å². The van der Waals surface area contributed by atoms with Crippen LogP contribution in [0, 0.1) is 12.7 Å². The Hall–Kier alpha value is -3.10. The van der Waals surface area contributed by atoms with Crippen LogP contribution in [-0.2, 0) is 11.3 Å². The summed E-state index contributed by atoms with van der Waals surface area (Å²) in [5.41, 5.74) is 2.49.